The first kappa shape index (κ1) is 16.7. The lowest BCUT2D eigenvalue weighted by atomic mass is 10.0. The number of benzene rings is 1. The van der Waals surface area contributed by atoms with E-state index in [4.69, 9.17) is 9.47 Å². The Morgan fingerprint density at radius 3 is 2.58 bits per heavy atom. The largest absolute Gasteiger partial charge is 0.461 e. The SMILES string of the molecule is CC(=O)O[C@H]1C[C@@H]2C[C@H](OC(=O)C=Cc3ccccc3)C[C@H]1N2C. The van der Waals surface area contributed by atoms with Crippen LogP contribution < -0.4 is 0 Å². The van der Waals surface area contributed by atoms with Crippen LogP contribution in [0.25, 0.3) is 6.08 Å². The molecule has 128 valence electrons. The number of likely N-dealkylation sites (N-methyl/N-ethyl adjacent to an activating group) is 1. The molecule has 0 saturated carbocycles. The zero-order chi connectivity index (χ0) is 17.1. The predicted molar refractivity (Wildman–Crippen MR) is 90.1 cm³/mol. The molecule has 0 aliphatic carbocycles. The summed E-state index contributed by atoms with van der Waals surface area (Å²) in [5, 5.41) is 0. The van der Waals surface area contributed by atoms with E-state index in [9.17, 15) is 9.59 Å². The van der Waals surface area contributed by atoms with E-state index in [1.54, 1.807) is 6.08 Å². The van der Waals surface area contributed by atoms with E-state index in [2.05, 4.69) is 4.90 Å². The third kappa shape index (κ3) is 3.85. The van der Waals surface area contributed by atoms with Gasteiger partial charge >= 0.3 is 11.9 Å². The van der Waals surface area contributed by atoms with Crippen molar-refractivity contribution in [2.75, 3.05) is 7.05 Å². The molecule has 0 aromatic heterocycles. The zero-order valence-electron chi connectivity index (χ0n) is 14.1. The minimum absolute atomic E-state index is 0.0962. The Labute approximate surface area is 142 Å². The lowest BCUT2D eigenvalue weighted by Crippen LogP contribution is -2.45. The van der Waals surface area contributed by atoms with Crippen LogP contribution in [-0.4, -0.2) is 48.2 Å². The van der Waals surface area contributed by atoms with Gasteiger partial charge in [0.15, 0.2) is 0 Å². The van der Waals surface area contributed by atoms with E-state index in [1.807, 2.05) is 37.4 Å². The second-order valence-electron chi connectivity index (χ2n) is 6.54. The Balaban J connectivity index is 1.56. The van der Waals surface area contributed by atoms with Crippen LogP contribution in [0.3, 0.4) is 0 Å². The number of nitrogens with zero attached hydrogens (tertiary/aromatic N) is 1. The van der Waals surface area contributed by atoms with Gasteiger partial charge in [-0.1, -0.05) is 30.3 Å². The van der Waals surface area contributed by atoms with Gasteiger partial charge in [0, 0.05) is 38.3 Å². The van der Waals surface area contributed by atoms with Crippen molar-refractivity contribution in [3.63, 3.8) is 0 Å². The van der Waals surface area contributed by atoms with Crippen molar-refractivity contribution in [1.29, 1.82) is 0 Å². The topological polar surface area (TPSA) is 55.8 Å². The number of carbonyl (C=O) groups excluding carboxylic acids is 2. The van der Waals surface area contributed by atoms with Crippen LogP contribution in [0, 0.1) is 0 Å². The first-order valence-electron chi connectivity index (χ1n) is 8.36. The van der Waals surface area contributed by atoms with Crippen LogP contribution >= 0.6 is 0 Å². The van der Waals surface area contributed by atoms with E-state index in [0.29, 0.717) is 12.5 Å². The molecular formula is C19H23NO4. The van der Waals surface area contributed by atoms with E-state index < -0.39 is 0 Å². The lowest BCUT2D eigenvalue weighted by Gasteiger charge is -2.36. The molecule has 0 amide bonds. The molecule has 1 aromatic carbocycles. The van der Waals surface area contributed by atoms with Crippen molar-refractivity contribution >= 4 is 18.0 Å². The molecule has 4 atom stereocenters. The number of esters is 2. The number of hydrogen-bond donors (Lipinski definition) is 0. The van der Waals surface area contributed by atoms with Crippen molar-refractivity contribution in [2.24, 2.45) is 0 Å². The molecule has 5 nitrogen and oxygen atoms in total. The van der Waals surface area contributed by atoms with Crippen LogP contribution in [0.5, 0.6) is 0 Å². The number of rotatable bonds is 4. The standard InChI is InChI=1S/C19H23NO4/c1-13(21)23-18-11-15-10-16(12-17(18)20(15)2)24-19(22)9-8-14-6-4-3-5-7-14/h3-9,15-18H,10-12H2,1-2H3/t15-,16-,17+,18-/m0/s1. The van der Waals surface area contributed by atoms with Gasteiger partial charge in [-0.3, -0.25) is 9.69 Å². The van der Waals surface area contributed by atoms with Gasteiger partial charge in [0.25, 0.3) is 0 Å². The average molecular weight is 329 g/mol. The Morgan fingerprint density at radius 1 is 1.12 bits per heavy atom. The average Bonchev–Trinajstić information content (AvgIpc) is 2.71. The second-order valence-corrected chi connectivity index (χ2v) is 6.54. The summed E-state index contributed by atoms with van der Waals surface area (Å²) < 4.78 is 11.0. The molecule has 2 aliphatic heterocycles. The third-order valence-electron chi connectivity index (χ3n) is 4.88. The van der Waals surface area contributed by atoms with E-state index in [-0.39, 0.29) is 30.2 Å². The van der Waals surface area contributed by atoms with Crippen molar-refractivity contribution in [3.05, 3.63) is 42.0 Å². The minimum atomic E-state index is -0.322. The highest BCUT2D eigenvalue weighted by Crippen LogP contribution is 2.37. The van der Waals surface area contributed by atoms with Crippen molar-refractivity contribution < 1.29 is 19.1 Å². The zero-order valence-corrected chi connectivity index (χ0v) is 14.1. The summed E-state index contributed by atoms with van der Waals surface area (Å²) in [6.07, 6.45) is 5.32. The monoisotopic (exact) mass is 329 g/mol. The van der Waals surface area contributed by atoms with Crippen molar-refractivity contribution in [3.8, 4) is 0 Å². The van der Waals surface area contributed by atoms with E-state index in [1.165, 1.54) is 13.0 Å². The first-order chi connectivity index (χ1) is 11.5. The molecule has 0 N–H and O–H groups in total. The molecule has 2 fully saturated rings. The summed E-state index contributed by atoms with van der Waals surface area (Å²) in [6.45, 7) is 1.44. The molecule has 0 unspecified atom stereocenters. The summed E-state index contributed by atoms with van der Waals surface area (Å²) in [6, 6.07) is 10.1. The quantitative estimate of drug-likeness (QED) is 0.627. The van der Waals surface area contributed by atoms with E-state index >= 15 is 0 Å². The van der Waals surface area contributed by atoms with Crippen LogP contribution in [0.4, 0.5) is 0 Å². The Bertz CT molecular complexity index is 628. The lowest BCUT2D eigenvalue weighted by molar-refractivity contribution is -0.151. The summed E-state index contributed by atoms with van der Waals surface area (Å²) in [7, 11) is 2.05. The normalized spacial score (nSPS) is 29.6. The molecule has 0 radical (unpaired) electrons. The van der Waals surface area contributed by atoms with Gasteiger partial charge in [0.05, 0.1) is 6.04 Å². The van der Waals surface area contributed by atoms with Crippen LogP contribution in [-0.2, 0) is 19.1 Å². The smallest absolute Gasteiger partial charge is 0.331 e. The Morgan fingerprint density at radius 2 is 1.88 bits per heavy atom. The second kappa shape index (κ2) is 7.18. The highest BCUT2D eigenvalue weighted by atomic mass is 16.6. The fourth-order valence-electron chi connectivity index (χ4n) is 3.74. The molecule has 2 heterocycles. The van der Waals surface area contributed by atoms with Gasteiger partial charge in [0.2, 0.25) is 0 Å². The Hall–Kier alpha value is -2.14. The number of carbonyl (C=O) groups is 2. The minimum Gasteiger partial charge on any atom is -0.461 e. The first-order valence-corrected chi connectivity index (χ1v) is 8.36. The summed E-state index contributed by atoms with van der Waals surface area (Å²) in [4.78, 5) is 25.5. The summed E-state index contributed by atoms with van der Waals surface area (Å²) in [5.74, 6) is -0.572. The fourth-order valence-corrected chi connectivity index (χ4v) is 3.74. The highest BCUT2D eigenvalue weighted by Gasteiger charge is 2.47. The number of fused-ring (bicyclic) bond motifs is 2. The molecular weight excluding hydrogens is 306 g/mol. The third-order valence-corrected chi connectivity index (χ3v) is 4.88. The molecule has 2 bridgehead atoms. The number of hydrogen-bond acceptors (Lipinski definition) is 5. The van der Waals surface area contributed by atoms with Gasteiger partial charge in [0.1, 0.15) is 12.2 Å². The van der Waals surface area contributed by atoms with Crippen LogP contribution in [0.1, 0.15) is 31.7 Å². The maximum absolute atomic E-state index is 12.1. The van der Waals surface area contributed by atoms with Gasteiger partial charge in [-0.15, -0.1) is 0 Å². The number of ether oxygens (including phenoxy) is 2. The molecule has 2 aliphatic rings. The Kier molecular flexibility index (Phi) is 5.00. The summed E-state index contributed by atoms with van der Waals surface area (Å²) in [5.41, 5.74) is 0.966. The van der Waals surface area contributed by atoms with Gasteiger partial charge in [-0.25, -0.2) is 4.79 Å². The summed E-state index contributed by atoms with van der Waals surface area (Å²) >= 11 is 0. The van der Waals surface area contributed by atoms with Crippen molar-refractivity contribution in [1.82, 2.24) is 4.90 Å². The maximum Gasteiger partial charge on any atom is 0.331 e. The van der Waals surface area contributed by atoms with Crippen LogP contribution in [0.2, 0.25) is 0 Å². The molecule has 3 rings (SSSR count). The molecule has 24 heavy (non-hydrogen) atoms. The van der Waals surface area contributed by atoms with Gasteiger partial charge in [-0.2, -0.15) is 0 Å². The van der Waals surface area contributed by atoms with Crippen molar-refractivity contribution in [2.45, 2.75) is 50.5 Å². The molecule has 5 heteroatoms. The number of piperidine rings is 1. The molecule has 1 aromatic rings. The predicted octanol–water partition coefficient (Wildman–Crippen LogP) is 2.41. The molecule has 0 spiro atoms. The fraction of sp³-hybridized carbons (Fsp3) is 0.474. The van der Waals surface area contributed by atoms with E-state index in [0.717, 1.165) is 18.4 Å². The van der Waals surface area contributed by atoms with Gasteiger partial charge < -0.3 is 9.47 Å². The van der Waals surface area contributed by atoms with Crippen LogP contribution in [0.15, 0.2) is 36.4 Å². The highest BCUT2D eigenvalue weighted by molar-refractivity contribution is 5.87. The maximum atomic E-state index is 12.1. The van der Waals surface area contributed by atoms with Gasteiger partial charge in [-0.05, 0) is 18.7 Å². The molecule has 2 saturated heterocycles.